The number of amides is 1. The van der Waals surface area contributed by atoms with E-state index in [-0.39, 0.29) is 17.4 Å². The van der Waals surface area contributed by atoms with E-state index >= 15 is 0 Å². The first kappa shape index (κ1) is 12.8. The number of aromatic nitrogens is 1. The maximum absolute atomic E-state index is 11.5. The summed E-state index contributed by atoms with van der Waals surface area (Å²) in [7, 11) is 2.94. The van der Waals surface area contributed by atoms with Gasteiger partial charge in [0.2, 0.25) is 0 Å². The van der Waals surface area contributed by atoms with Gasteiger partial charge in [-0.3, -0.25) is 4.79 Å². The van der Waals surface area contributed by atoms with E-state index in [1.807, 2.05) is 0 Å². The molecule has 0 atom stereocenters. The average molecular weight is 234 g/mol. The van der Waals surface area contributed by atoms with Crippen LogP contribution in [0.1, 0.15) is 21.7 Å². The Morgan fingerprint density at radius 1 is 1.41 bits per heavy atom. The van der Waals surface area contributed by atoms with Crippen LogP contribution in [0.3, 0.4) is 0 Å². The number of ether oxygens (including phenoxy) is 1. The van der Waals surface area contributed by atoms with Crippen molar-refractivity contribution in [3.8, 4) is 0 Å². The number of rotatable bonds is 4. The van der Waals surface area contributed by atoms with E-state index in [0.29, 0.717) is 17.0 Å². The van der Waals surface area contributed by atoms with Gasteiger partial charge >= 0.3 is 0 Å². The Kier molecular flexibility index (Phi) is 3.87. The number of aliphatic hydroxyl groups is 1. The van der Waals surface area contributed by atoms with E-state index in [2.05, 4.69) is 23.5 Å². The Morgan fingerprint density at radius 3 is 2.47 bits per heavy atom. The van der Waals surface area contributed by atoms with Crippen LogP contribution in [0.15, 0.2) is 25.3 Å². The lowest BCUT2D eigenvalue weighted by Crippen LogP contribution is -2.20. The highest BCUT2D eigenvalue weighted by molar-refractivity contribution is 5.93. The van der Waals surface area contributed by atoms with Crippen LogP contribution in [0, 0.1) is 0 Å². The van der Waals surface area contributed by atoms with E-state index < -0.39 is 0 Å². The number of methoxy groups -OCH3 is 1. The normalized spacial score (nSPS) is 9.53. The predicted molar refractivity (Wildman–Crippen MR) is 65.3 cm³/mol. The molecular weight excluding hydrogens is 220 g/mol. The number of pyridine rings is 1. The lowest BCUT2D eigenvalue weighted by atomic mass is 10.1. The van der Waals surface area contributed by atoms with Crippen LogP contribution in [0.2, 0.25) is 0 Å². The minimum Gasteiger partial charge on any atom is -0.508 e. The fourth-order valence-corrected chi connectivity index (χ4v) is 1.19. The van der Waals surface area contributed by atoms with Gasteiger partial charge in [0.25, 0.3) is 5.91 Å². The van der Waals surface area contributed by atoms with Crippen molar-refractivity contribution in [2.45, 2.75) is 0 Å². The topological polar surface area (TPSA) is 71.5 Å². The molecule has 0 aliphatic rings. The fourth-order valence-electron chi connectivity index (χ4n) is 1.19. The van der Waals surface area contributed by atoms with Gasteiger partial charge in [0, 0.05) is 12.6 Å². The van der Waals surface area contributed by atoms with Gasteiger partial charge in [0.15, 0.2) is 0 Å². The number of hydrogen-bond acceptors (Lipinski definition) is 4. The minimum absolute atomic E-state index is 0.150. The second kappa shape index (κ2) is 5.16. The number of carbonyl (C=O) groups is 1. The van der Waals surface area contributed by atoms with Crippen molar-refractivity contribution in [2.75, 3.05) is 14.2 Å². The van der Waals surface area contributed by atoms with E-state index in [9.17, 15) is 9.90 Å². The van der Waals surface area contributed by atoms with Gasteiger partial charge in [-0.2, -0.15) is 0 Å². The number of aliphatic hydroxyl groups excluding tert-OH is 1. The predicted octanol–water partition coefficient (Wildman–Crippen LogP) is 1.59. The molecule has 5 heteroatoms. The molecule has 0 fully saturated rings. The lowest BCUT2D eigenvalue weighted by Gasteiger charge is -2.08. The molecule has 0 bridgehead atoms. The Balaban J connectivity index is 3.33. The number of nitrogens with one attached hydrogen (secondary N) is 1. The van der Waals surface area contributed by atoms with Crippen LogP contribution < -0.4 is 5.32 Å². The zero-order chi connectivity index (χ0) is 13.0. The van der Waals surface area contributed by atoms with E-state index in [0.717, 1.165) is 0 Å². The molecule has 0 aliphatic heterocycles. The molecule has 1 aromatic rings. The van der Waals surface area contributed by atoms with Crippen molar-refractivity contribution in [1.82, 2.24) is 10.3 Å². The summed E-state index contributed by atoms with van der Waals surface area (Å²) < 4.78 is 4.94. The fraction of sp³-hybridized carbons (Fsp3) is 0.167. The minimum atomic E-state index is -0.363. The Labute approximate surface area is 99.4 Å². The summed E-state index contributed by atoms with van der Waals surface area (Å²) in [5.74, 6) is -0.209. The molecule has 0 unspecified atom stereocenters. The lowest BCUT2D eigenvalue weighted by molar-refractivity contribution is 0.0958. The van der Waals surface area contributed by atoms with Gasteiger partial charge < -0.3 is 15.2 Å². The van der Waals surface area contributed by atoms with Crippen molar-refractivity contribution in [1.29, 1.82) is 0 Å². The molecule has 2 N–H and O–H groups in total. The zero-order valence-corrected chi connectivity index (χ0v) is 9.78. The van der Waals surface area contributed by atoms with E-state index in [1.165, 1.54) is 20.2 Å². The molecule has 0 saturated carbocycles. The monoisotopic (exact) mass is 234 g/mol. The summed E-state index contributed by atoms with van der Waals surface area (Å²) >= 11 is 0. The second-order valence-electron chi connectivity index (χ2n) is 3.28. The second-order valence-corrected chi connectivity index (χ2v) is 3.28. The highest BCUT2D eigenvalue weighted by Crippen LogP contribution is 2.17. The van der Waals surface area contributed by atoms with Crippen molar-refractivity contribution in [2.24, 2.45) is 0 Å². The van der Waals surface area contributed by atoms with Crippen molar-refractivity contribution in [3.05, 3.63) is 42.2 Å². The Morgan fingerprint density at radius 2 is 2.00 bits per heavy atom. The Bertz CT molecular complexity index is 446. The number of nitrogens with zero attached hydrogens (tertiary/aromatic N) is 1. The molecule has 1 amide bonds. The first-order chi connectivity index (χ1) is 7.99. The highest BCUT2D eigenvalue weighted by atomic mass is 16.5. The van der Waals surface area contributed by atoms with Gasteiger partial charge in [-0.25, -0.2) is 4.98 Å². The molecule has 0 radical (unpaired) electrons. The van der Waals surface area contributed by atoms with E-state index in [1.54, 1.807) is 6.07 Å². The summed E-state index contributed by atoms with van der Waals surface area (Å²) in [6.07, 6.45) is 0. The van der Waals surface area contributed by atoms with Crippen LogP contribution in [-0.2, 0) is 4.74 Å². The molecule has 90 valence electrons. The molecule has 5 nitrogen and oxygen atoms in total. The van der Waals surface area contributed by atoms with E-state index in [4.69, 9.17) is 4.74 Å². The molecule has 0 saturated heterocycles. The number of carbonyl (C=O) groups excluding carboxylic acids is 1. The third-order valence-electron chi connectivity index (χ3n) is 2.15. The van der Waals surface area contributed by atoms with Crippen LogP contribution in [0.5, 0.6) is 0 Å². The molecule has 17 heavy (non-hydrogen) atoms. The summed E-state index contributed by atoms with van der Waals surface area (Å²) in [5.41, 5.74) is 0.930. The molecule has 0 aliphatic carbocycles. The van der Waals surface area contributed by atoms with Gasteiger partial charge in [-0.05, 0) is 12.1 Å². The standard InChI is InChI=1S/C12H14N2O3/c1-7(15)9-5-10(8(2)17-4)14-11(6-9)12(16)13-3/h5-6,15H,1-2H2,3-4H3,(H,13,16). The third kappa shape index (κ3) is 2.84. The van der Waals surface area contributed by atoms with Crippen LogP contribution in [0.25, 0.3) is 11.5 Å². The van der Waals surface area contributed by atoms with Gasteiger partial charge in [-0.1, -0.05) is 13.2 Å². The number of hydrogen-bond donors (Lipinski definition) is 2. The maximum atomic E-state index is 11.5. The average Bonchev–Trinajstić information content (AvgIpc) is 2.36. The quantitative estimate of drug-likeness (QED) is 0.776. The van der Waals surface area contributed by atoms with Crippen molar-refractivity contribution < 1.29 is 14.6 Å². The summed E-state index contributed by atoms with van der Waals surface area (Å²) in [5, 5.41) is 11.8. The van der Waals surface area contributed by atoms with Gasteiger partial charge in [0.05, 0.1) is 7.11 Å². The summed E-state index contributed by atoms with van der Waals surface area (Å²) in [6.45, 7) is 7.05. The SMILES string of the molecule is C=C(O)c1cc(C(=C)OC)nc(C(=O)NC)c1. The molecule has 0 aromatic carbocycles. The van der Waals surface area contributed by atoms with Crippen molar-refractivity contribution in [3.63, 3.8) is 0 Å². The smallest absolute Gasteiger partial charge is 0.269 e. The molecule has 1 heterocycles. The van der Waals surface area contributed by atoms with Gasteiger partial charge in [-0.15, -0.1) is 0 Å². The molecule has 1 rings (SSSR count). The molecular formula is C12H14N2O3. The van der Waals surface area contributed by atoms with Crippen LogP contribution >= 0.6 is 0 Å². The highest BCUT2D eigenvalue weighted by Gasteiger charge is 2.12. The largest absolute Gasteiger partial charge is 0.508 e. The molecule has 0 spiro atoms. The van der Waals surface area contributed by atoms with Crippen LogP contribution in [0.4, 0.5) is 0 Å². The third-order valence-corrected chi connectivity index (χ3v) is 2.15. The first-order valence-electron chi connectivity index (χ1n) is 4.85. The zero-order valence-electron chi connectivity index (χ0n) is 9.78. The first-order valence-corrected chi connectivity index (χ1v) is 4.85. The molecule has 1 aromatic heterocycles. The van der Waals surface area contributed by atoms with Crippen LogP contribution in [-0.4, -0.2) is 30.2 Å². The Hall–Kier alpha value is -2.30. The summed E-state index contributed by atoms with van der Waals surface area (Å²) in [4.78, 5) is 15.6. The maximum Gasteiger partial charge on any atom is 0.269 e. The van der Waals surface area contributed by atoms with Gasteiger partial charge in [0.1, 0.15) is 22.9 Å². The summed E-state index contributed by atoms with van der Waals surface area (Å²) in [6, 6.07) is 2.98. The van der Waals surface area contributed by atoms with Crippen molar-refractivity contribution >= 4 is 17.4 Å².